The molecule has 0 aromatic heterocycles. The Morgan fingerprint density at radius 3 is 2.26 bits per heavy atom. The van der Waals surface area contributed by atoms with Crippen molar-refractivity contribution in [1.82, 2.24) is 10.2 Å². The summed E-state index contributed by atoms with van der Waals surface area (Å²) in [6.45, 7) is 8.78. The first kappa shape index (κ1) is 27.4. The van der Waals surface area contributed by atoms with Crippen LogP contribution in [0.1, 0.15) is 44.7 Å². The van der Waals surface area contributed by atoms with Crippen LogP contribution in [0.5, 0.6) is 0 Å². The van der Waals surface area contributed by atoms with Crippen LogP contribution in [0.15, 0.2) is 54.6 Å². The number of amides is 2. The maximum Gasteiger partial charge on any atom is 0.242 e. The summed E-state index contributed by atoms with van der Waals surface area (Å²) in [5.41, 5.74) is 2.59. The van der Waals surface area contributed by atoms with Crippen LogP contribution in [-0.2, 0) is 26.2 Å². The Morgan fingerprint density at radius 1 is 1.00 bits per heavy atom. The summed E-state index contributed by atoms with van der Waals surface area (Å²) in [5, 5.41) is 2.91. The highest BCUT2D eigenvalue weighted by atomic mass is 32.2. The van der Waals surface area contributed by atoms with Gasteiger partial charge in [0.15, 0.2) is 0 Å². The molecule has 0 aliphatic heterocycles. The second kappa shape index (κ2) is 12.6. The lowest BCUT2D eigenvalue weighted by atomic mass is 10.1. The number of hydrogen-bond acceptors (Lipinski definition) is 4. The molecule has 2 aromatic rings. The van der Waals surface area contributed by atoms with Gasteiger partial charge in [-0.3, -0.25) is 13.9 Å². The summed E-state index contributed by atoms with van der Waals surface area (Å²) in [6.07, 6.45) is 1.63. The van der Waals surface area contributed by atoms with Crippen molar-refractivity contribution >= 4 is 27.5 Å². The molecule has 2 aromatic carbocycles. The molecule has 8 heteroatoms. The number of para-hydroxylation sites is 1. The fraction of sp³-hybridized carbons (Fsp3) is 0.462. The van der Waals surface area contributed by atoms with Crippen LogP contribution in [0.3, 0.4) is 0 Å². The molecule has 0 fully saturated rings. The van der Waals surface area contributed by atoms with Gasteiger partial charge in [-0.25, -0.2) is 8.42 Å². The fourth-order valence-electron chi connectivity index (χ4n) is 3.64. The lowest BCUT2D eigenvalue weighted by Crippen LogP contribution is -2.48. The zero-order chi connectivity index (χ0) is 25.3. The van der Waals surface area contributed by atoms with Gasteiger partial charge in [0.05, 0.1) is 11.9 Å². The van der Waals surface area contributed by atoms with E-state index in [1.807, 2.05) is 51.1 Å². The van der Waals surface area contributed by atoms with Crippen LogP contribution in [0.4, 0.5) is 5.69 Å². The maximum absolute atomic E-state index is 13.3. The molecule has 0 aliphatic rings. The molecule has 7 nitrogen and oxygen atoms in total. The Labute approximate surface area is 204 Å². The third-order valence-corrected chi connectivity index (χ3v) is 6.68. The van der Waals surface area contributed by atoms with Crippen molar-refractivity contribution in [3.8, 4) is 0 Å². The van der Waals surface area contributed by atoms with Gasteiger partial charge in [-0.2, -0.15) is 0 Å². The molecule has 1 N–H and O–H groups in total. The summed E-state index contributed by atoms with van der Waals surface area (Å²) >= 11 is 0. The van der Waals surface area contributed by atoms with E-state index in [0.29, 0.717) is 31.1 Å². The smallest absolute Gasteiger partial charge is 0.242 e. The number of nitrogens with zero attached hydrogens (tertiary/aromatic N) is 2. The summed E-state index contributed by atoms with van der Waals surface area (Å²) in [4.78, 5) is 27.6. The van der Waals surface area contributed by atoms with Crippen molar-refractivity contribution in [2.75, 3.05) is 23.7 Å². The van der Waals surface area contributed by atoms with Gasteiger partial charge in [-0.15, -0.1) is 0 Å². The summed E-state index contributed by atoms with van der Waals surface area (Å²) in [7, 11) is -3.49. The van der Waals surface area contributed by atoms with Gasteiger partial charge >= 0.3 is 0 Å². The van der Waals surface area contributed by atoms with E-state index in [2.05, 4.69) is 5.32 Å². The maximum atomic E-state index is 13.3. The molecule has 0 saturated heterocycles. The minimum atomic E-state index is -3.49. The molecular weight excluding hydrogens is 450 g/mol. The predicted molar refractivity (Wildman–Crippen MR) is 137 cm³/mol. The Kier molecular flexibility index (Phi) is 10.1. The van der Waals surface area contributed by atoms with E-state index < -0.39 is 16.1 Å². The molecule has 0 heterocycles. The van der Waals surface area contributed by atoms with Crippen molar-refractivity contribution < 1.29 is 18.0 Å². The molecule has 2 rings (SSSR count). The largest absolute Gasteiger partial charge is 0.354 e. The number of nitrogens with one attached hydrogen (secondary N) is 1. The number of aryl methyl sites for hydroxylation is 1. The van der Waals surface area contributed by atoms with Crippen molar-refractivity contribution in [1.29, 1.82) is 0 Å². The number of rotatable bonds is 12. The summed E-state index contributed by atoms with van der Waals surface area (Å²) in [5.74, 6) is -0.0796. The Morgan fingerprint density at radius 2 is 1.68 bits per heavy atom. The highest BCUT2D eigenvalue weighted by Crippen LogP contribution is 2.19. The quantitative estimate of drug-likeness (QED) is 0.494. The van der Waals surface area contributed by atoms with Crippen molar-refractivity contribution in [2.24, 2.45) is 5.92 Å². The van der Waals surface area contributed by atoms with E-state index >= 15 is 0 Å². The number of sulfonamides is 1. The molecular formula is C26H37N3O4S. The Balaban J connectivity index is 2.14. The van der Waals surface area contributed by atoms with Crippen LogP contribution < -0.4 is 9.62 Å². The average molecular weight is 488 g/mol. The molecule has 0 aliphatic carbocycles. The average Bonchev–Trinajstić information content (AvgIpc) is 2.77. The monoisotopic (exact) mass is 487 g/mol. The number of carbonyl (C=O) groups is 2. The number of benzene rings is 2. The van der Waals surface area contributed by atoms with Gasteiger partial charge in [0, 0.05) is 26.1 Å². The number of carbonyl (C=O) groups excluding carboxylic acids is 2. The highest BCUT2D eigenvalue weighted by molar-refractivity contribution is 7.92. The first-order chi connectivity index (χ1) is 16.0. The lowest BCUT2D eigenvalue weighted by Gasteiger charge is -2.29. The third-order valence-electron chi connectivity index (χ3n) is 5.48. The predicted octanol–water partition coefficient (Wildman–Crippen LogP) is 3.73. The van der Waals surface area contributed by atoms with Gasteiger partial charge < -0.3 is 10.2 Å². The zero-order valence-corrected chi connectivity index (χ0v) is 21.6. The minimum absolute atomic E-state index is 0.131. The van der Waals surface area contributed by atoms with Gasteiger partial charge in [0.2, 0.25) is 21.8 Å². The van der Waals surface area contributed by atoms with Gasteiger partial charge in [0.1, 0.15) is 6.04 Å². The van der Waals surface area contributed by atoms with Crippen LogP contribution in [0, 0.1) is 12.8 Å². The normalized spacial score (nSPS) is 12.3. The number of anilines is 1. The number of hydrogen-bond donors (Lipinski definition) is 1. The molecule has 0 spiro atoms. The molecule has 0 saturated carbocycles. The van der Waals surface area contributed by atoms with Crippen LogP contribution in [-0.4, -0.2) is 50.5 Å². The minimum Gasteiger partial charge on any atom is -0.354 e. The van der Waals surface area contributed by atoms with Crippen LogP contribution in [0.25, 0.3) is 0 Å². The topological polar surface area (TPSA) is 86.8 Å². The van der Waals surface area contributed by atoms with E-state index in [1.54, 1.807) is 36.1 Å². The van der Waals surface area contributed by atoms with Gasteiger partial charge in [-0.05, 0) is 43.9 Å². The van der Waals surface area contributed by atoms with Crippen LogP contribution >= 0.6 is 0 Å². The van der Waals surface area contributed by atoms with E-state index in [1.165, 1.54) is 4.31 Å². The zero-order valence-electron chi connectivity index (χ0n) is 20.8. The molecule has 34 heavy (non-hydrogen) atoms. The molecule has 1 atom stereocenters. The van der Waals surface area contributed by atoms with E-state index in [0.717, 1.165) is 17.4 Å². The van der Waals surface area contributed by atoms with E-state index in [4.69, 9.17) is 0 Å². The molecule has 2 amide bonds. The Bertz CT molecular complexity index is 1050. The SMILES string of the molecule is Cc1cccc(CN(C(=O)CCCN(c2ccccc2)S(C)(=O)=O)[C@@H](C)C(=O)NCC(C)C)c1. The first-order valence-electron chi connectivity index (χ1n) is 11.6. The standard InChI is InChI=1S/C26H37N3O4S/c1-20(2)18-27-26(31)22(4)28(19-23-12-9-11-21(3)17-23)25(30)15-10-16-29(34(5,32)33)24-13-7-6-8-14-24/h6-9,11-14,17,20,22H,10,15-16,18-19H2,1-5H3,(H,27,31)/t22-/m0/s1. The second-order valence-corrected chi connectivity index (χ2v) is 11.0. The van der Waals surface area contributed by atoms with Crippen molar-refractivity contribution in [3.05, 3.63) is 65.7 Å². The third kappa shape index (κ3) is 8.48. The van der Waals surface area contributed by atoms with Gasteiger partial charge in [0.25, 0.3) is 0 Å². The van der Waals surface area contributed by atoms with Crippen molar-refractivity contribution in [2.45, 2.75) is 53.1 Å². The summed E-state index contributed by atoms with van der Waals surface area (Å²) in [6, 6.07) is 16.0. The van der Waals surface area contributed by atoms with Crippen molar-refractivity contribution in [3.63, 3.8) is 0 Å². The lowest BCUT2D eigenvalue weighted by molar-refractivity contribution is -0.140. The van der Waals surface area contributed by atoms with Crippen LogP contribution in [0.2, 0.25) is 0 Å². The molecule has 0 radical (unpaired) electrons. The van der Waals surface area contributed by atoms with E-state index in [9.17, 15) is 18.0 Å². The molecule has 186 valence electrons. The molecule has 0 bridgehead atoms. The second-order valence-electron chi connectivity index (χ2n) is 9.10. The summed E-state index contributed by atoms with van der Waals surface area (Å²) < 4.78 is 25.9. The van der Waals surface area contributed by atoms with Gasteiger partial charge in [-0.1, -0.05) is 61.9 Å². The molecule has 0 unspecified atom stereocenters. The van der Waals surface area contributed by atoms with E-state index in [-0.39, 0.29) is 24.8 Å². The fourth-order valence-corrected chi connectivity index (χ4v) is 4.61. The Hall–Kier alpha value is -2.87. The highest BCUT2D eigenvalue weighted by Gasteiger charge is 2.26. The first-order valence-corrected chi connectivity index (χ1v) is 13.5.